The number of amides is 1. The molecule has 0 spiro atoms. The number of ketones is 1. The average molecular weight is 456 g/mol. The van der Waals surface area contributed by atoms with E-state index in [0.29, 0.717) is 34.1 Å². The maximum atomic E-state index is 14.2. The third-order valence-corrected chi connectivity index (χ3v) is 6.26. The molecule has 1 N–H and O–H groups in total. The van der Waals surface area contributed by atoms with Crippen molar-refractivity contribution in [1.82, 2.24) is 5.32 Å². The standard InChI is InChI=1S/C24H22FNO5S/c1-14(27)21-7-8-22(32-21)18-11-16(25)9-15-10-17(31-24(15)18)12-26-23(28)13-30-20-6-4-3-5-19(20)29-2/h3-9,11,17H,10,12-13H2,1-2H3,(H,26,28)/t17-/m0/s1. The maximum absolute atomic E-state index is 14.2. The third kappa shape index (κ3) is 4.75. The van der Waals surface area contributed by atoms with Gasteiger partial charge in [-0.2, -0.15) is 0 Å². The number of carbonyl (C=O) groups excluding carboxylic acids is 2. The number of hydrogen-bond donors (Lipinski definition) is 1. The topological polar surface area (TPSA) is 73.9 Å². The molecule has 0 aliphatic carbocycles. The normalized spacial score (nSPS) is 14.4. The van der Waals surface area contributed by atoms with Gasteiger partial charge in [0.15, 0.2) is 23.9 Å². The number of nitrogens with one attached hydrogen (secondary N) is 1. The summed E-state index contributed by atoms with van der Waals surface area (Å²) < 4.78 is 31.0. The van der Waals surface area contributed by atoms with Crippen LogP contribution in [0.4, 0.5) is 4.39 Å². The lowest BCUT2D eigenvalue weighted by atomic mass is 10.0. The number of hydrogen-bond acceptors (Lipinski definition) is 6. The molecule has 3 aromatic rings. The van der Waals surface area contributed by atoms with Crippen molar-refractivity contribution in [2.75, 3.05) is 20.3 Å². The van der Waals surface area contributed by atoms with E-state index in [0.717, 1.165) is 10.4 Å². The zero-order valence-corrected chi connectivity index (χ0v) is 18.5. The van der Waals surface area contributed by atoms with Crippen LogP contribution in [0.3, 0.4) is 0 Å². The molecule has 1 aliphatic heterocycles. The molecular formula is C24H22FNO5S. The number of para-hydroxylation sites is 2. The van der Waals surface area contributed by atoms with E-state index in [4.69, 9.17) is 14.2 Å². The molecular weight excluding hydrogens is 433 g/mol. The Kier molecular flexibility index (Phi) is 6.41. The van der Waals surface area contributed by atoms with Gasteiger partial charge >= 0.3 is 0 Å². The number of methoxy groups -OCH3 is 1. The Morgan fingerprint density at radius 1 is 1.19 bits per heavy atom. The van der Waals surface area contributed by atoms with Crippen LogP contribution in [-0.2, 0) is 11.2 Å². The summed E-state index contributed by atoms with van der Waals surface area (Å²) in [6.45, 7) is 1.59. The molecule has 1 atom stereocenters. The first-order valence-electron chi connectivity index (χ1n) is 10.1. The summed E-state index contributed by atoms with van der Waals surface area (Å²) in [5, 5.41) is 2.79. The van der Waals surface area contributed by atoms with E-state index in [1.807, 2.05) is 6.07 Å². The molecule has 2 heterocycles. The number of Topliss-reactive ketones (excluding diaryl/α,β-unsaturated/α-hetero) is 1. The van der Waals surface area contributed by atoms with E-state index >= 15 is 0 Å². The minimum Gasteiger partial charge on any atom is -0.493 e. The molecule has 0 bridgehead atoms. The zero-order chi connectivity index (χ0) is 22.7. The van der Waals surface area contributed by atoms with Crippen molar-refractivity contribution in [2.45, 2.75) is 19.4 Å². The fraction of sp³-hybridized carbons (Fsp3) is 0.250. The second-order valence-electron chi connectivity index (χ2n) is 7.35. The van der Waals surface area contributed by atoms with Gasteiger partial charge in [-0.05, 0) is 43.3 Å². The first-order chi connectivity index (χ1) is 15.4. The Morgan fingerprint density at radius 2 is 1.97 bits per heavy atom. The van der Waals surface area contributed by atoms with E-state index < -0.39 is 0 Å². The van der Waals surface area contributed by atoms with Crippen LogP contribution in [0.25, 0.3) is 10.4 Å². The van der Waals surface area contributed by atoms with Gasteiger partial charge in [0.25, 0.3) is 5.91 Å². The lowest BCUT2D eigenvalue weighted by molar-refractivity contribution is -0.123. The van der Waals surface area contributed by atoms with Crippen molar-refractivity contribution in [3.05, 3.63) is 64.8 Å². The van der Waals surface area contributed by atoms with Gasteiger partial charge in [0.2, 0.25) is 0 Å². The summed E-state index contributed by atoms with van der Waals surface area (Å²) >= 11 is 1.30. The van der Waals surface area contributed by atoms with Crippen LogP contribution < -0.4 is 19.5 Å². The van der Waals surface area contributed by atoms with Crippen molar-refractivity contribution >= 4 is 23.0 Å². The smallest absolute Gasteiger partial charge is 0.258 e. The van der Waals surface area contributed by atoms with Crippen LogP contribution in [0.1, 0.15) is 22.2 Å². The second-order valence-corrected chi connectivity index (χ2v) is 8.43. The lowest BCUT2D eigenvalue weighted by Gasteiger charge is -2.14. The Hall–Kier alpha value is -3.39. The summed E-state index contributed by atoms with van der Waals surface area (Å²) in [5.74, 6) is 0.918. The Morgan fingerprint density at radius 3 is 2.69 bits per heavy atom. The largest absolute Gasteiger partial charge is 0.493 e. The van der Waals surface area contributed by atoms with Crippen molar-refractivity contribution in [2.24, 2.45) is 0 Å². The predicted molar refractivity (Wildman–Crippen MR) is 119 cm³/mol. The molecule has 0 radical (unpaired) electrons. The van der Waals surface area contributed by atoms with Crippen LogP contribution in [0, 0.1) is 5.82 Å². The van der Waals surface area contributed by atoms with Crippen molar-refractivity contribution < 1.29 is 28.2 Å². The van der Waals surface area contributed by atoms with Gasteiger partial charge in [-0.1, -0.05) is 12.1 Å². The van der Waals surface area contributed by atoms with Crippen LogP contribution in [0.2, 0.25) is 0 Å². The molecule has 8 heteroatoms. The molecule has 166 valence electrons. The predicted octanol–water partition coefficient (Wildman–Crippen LogP) is 4.26. The Bertz CT molecular complexity index is 1160. The van der Waals surface area contributed by atoms with Gasteiger partial charge in [-0.15, -0.1) is 11.3 Å². The van der Waals surface area contributed by atoms with Crippen LogP contribution in [-0.4, -0.2) is 38.1 Å². The van der Waals surface area contributed by atoms with Crippen molar-refractivity contribution in [3.8, 4) is 27.7 Å². The average Bonchev–Trinajstić information content (AvgIpc) is 3.43. The van der Waals surface area contributed by atoms with E-state index in [-0.39, 0.29) is 36.8 Å². The first kappa shape index (κ1) is 21.8. The minimum atomic E-state index is -0.366. The maximum Gasteiger partial charge on any atom is 0.258 e. The fourth-order valence-corrected chi connectivity index (χ4v) is 4.44. The Labute approximate surface area is 188 Å². The highest BCUT2D eigenvalue weighted by Gasteiger charge is 2.28. The second kappa shape index (κ2) is 9.40. The van der Waals surface area contributed by atoms with Crippen LogP contribution in [0.5, 0.6) is 17.2 Å². The fourth-order valence-electron chi connectivity index (χ4n) is 3.52. The molecule has 2 aromatic carbocycles. The van der Waals surface area contributed by atoms with E-state index in [9.17, 15) is 14.0 Å². The van der Waals surface area contributed by atoms with Crippen molar-refractivity contribution in [1.29, 1.82) is 0 Å². The van der Waals surface area contributed by atoms with Gasteiger partial charge in [-0.3, -0.25) is 9.59 Å². The molecule has 1 aliphatic rings. The highest BCUT2D eigenvalue weighted by atomic mass is 32.1. The zero-order valence-electron chi connectivity index (χ0n) is 17.6. The molecule has 6 nitrogen and oxygen atoms in total. The molecule has 0 fully saturated rings. The van der Waals surface area contributed by atoms with Gasteiger partial charge in [0.1, 0.15) is 17.7 Å². The first-order valence-corrected chi connectivity index (χ1v) is 10.9. The van der Waals surface area contributed by atoms with Gasteiger partial charge in [0, 0.05) is 22.4 Å². The van der Waals surface area contributed by atoms with Crippen molar-refractivity contribution in [3.63, 3.8) is 0 Å². The van der Waals surface area contributed by atoms with E-state index in [1.165, 1.54) is 37.5 Å². The summed E-state index contributed by atoms with van der Waals surface area (Å²) in [4.78, 5) is 25.2. The summed E-state index contributed by atoms with van der Waals surface area (Å²) in [7, 11) is 1.53. The quantitative estimate of drug-likeness (QED) is 0.514. The number of fused-ring (bicyclic) bond motifs is 1. The number of rotatable bonds is 8. The molecule has 0 saturated heterocycles. The number of benzene rings is 2. The number of carbonyl (C=O) groups is 2. The lowest BCUT2D eigenvalue weighted by Crippen LogP contribution is -2.37. The van der Waals surface area contributed by atoms with E-state index in [2.05, 4.69) is 5.32 Å². The van der Waals surface area contributed by atoms with Gasteiger partial charge < -0.3 is 19.5 Å². The molecule has 0 saturated carbocycles. The highest BCUT2D eigenvalue weighted by Crippen LogP contribution is 2.42. The third-order valence-electron chi connectivity index (χ3n) is 5.04. The molecule has 0 unspecified atom stereocenters. The number of ether oxygens (including phenoxy) is 3. The summed E-state index contributed by atoms with van der Waals surface area (Å²) in [6.07, 6.45) is 0.145. The molecule has 1 aromatic heterocycles. The SMILES string of the molecule is COc1ccccc1OCC(=O)NC[C@@H]1Cc2cc(F)cc(-c3ccc(C(C)=O)s3)c2O1. The minimum absolute atomic E-state index is 0.0360. The molecule has 1 amide bonds. The summed E-state index contributed by atoms with van der Waals surface area (Å²) in [6, 6.07) is 13.5. The molecule has 32 heavy (non-hydrogen) atoms. The van der Waals surface area contributed by atoms with Gasteiger partial charge in [-0.25, -0.2) is 4.39 Å². The van der Waals surface area contributed by atoms with Gasteiger partial charge in [0.05, 0.1) is 18.5 Å². The molecule has 4 rings (SSSR count). The highest BCUT2D eigenvalue weighted by molar-refractivity contribution is 7.17. The summed E-state index contributed by atoms with van der Waals surface area (Å²) in [5.41, 5.74) is 1.35. The van der Waals surface area contributed by atoms with Crippen LogP contribution in [0.15, 0.2) is 48.5 Å². The van der Waals surface area contributed by atoms with Crippen LogP contribution >= 0.6 is 11.3 Å². The monoisotopic (exact) mass is 455 g/mol. The number of halogens is 1. The number of thiophene rings is 1. The van der Waals surface area contributed by atoms with E-state index in [1.54, 1.807) is 30.3 Å². The Balaban J connectivity index is 1.38.